The Morgan fingerprint density at radius 3 is 2.54 bits per heavy atom. The highest BCUT2D eigenvalue weighted by atomic mass is 16.5. The summed E-state index contributed by atoms with van der Waals surface area (Å²) in [6, 6.07) is 12.2. The molecule has 0 bridgehead atoms. The third-order valence-corrected chi connectivity index (χ3v) is 4.22. The summed E-state index contributed by atoms with van der Waals surface area (Å²) < 4.78 is 5.36. The molecule has 2 rings (SSSR count). The number of aromatic nitrogens is 1. The molecule has 1 amide bonds. The molecule has 0 aliphatic carbocycles. The number of benzene rings is 1. The molecule has 0 fully saturated rings. The van der Waals surface area contributed by atoms with E-state index in [1.165, 1.54) is 5.56 Å². The van der Waals surface area contributed by atoms with Crippen molar-refractivity contribution >= 4 is 5.91 Å². The van der Waals surface area contributed by atoms with Gasteiger partial charge < -0.3 is 9.42 Å². The predicted octanol–water partition coefficient (Wildman–Crippen LogP) is 3.57. The number of amides is 1. The first-order chi connectivity index (χ1) is 11.5. The quantitative estimate of drug-likeness (QED) is 0.743. The lowest BCUT2D eigenvalue weighted by Gasteiger charge is -2.26. The molecule has 2 aromatic rings. The van der Waals surface area contributed by atoms with Crippen LogP contribution >= 0.6 is 0 Å². The molecule has 0 radical (unpaired) electrons. The van der Waals surface area contributed by atoms with Gasteiger partial charge in [0, 0.05) is 25.2 Å². The van der Waals surface area contributed by atoms with Crippen LogP contribution in [0.1, 0.15) is 49.0 Å². The van der Waals surface area contributed by atoms with Gasteiger partial charge in [0.2, 0.25) is 0 Å². The number of carbonyl (C=O) groups is 1. The summed E-state index contributed by atoms with van der Waals surface area (Å²) in [5.74, 6) is 0.643. The van der Waals surface area contributed by atoms with Gasteiger partial charge in [-0.2, -0.15) is 0 Å². The first-order valence-electron chi connectivity index (χ1n) is 8.54. The maximum atomic E-state index is 12.6. The molecule has 0 N–H and O–H groups in total. The van der Waals surface area contributed by atoms with Crippen molar-refractivity contribution in [3.63, 3.8) is 0 Å². The summed E-state index contributed by atoms with van der Waals surface area (Å²) >= 11 is 0. The molecule has 24 heavy (non-hydrogen) atoms. The van der Waals surface area contributed by atoms with Crippen LogP contribution in [0.15, 0.2) is 40.9 Å². The summed E-state index contributed by atoms with van der Waals surface area (Å²) in [5.41, 5.74) is 1.63. The topological polar surface area (TPSA) is 49.6 Å². The predicted molar refractivity (Wildman–Crippen MR) is 94.6 cm³/mol. The van der Waals surface area contributed by atoms with Crippen molar-refractivity contribution in [2.45, 2.75) is 46.3 Å². The molecule has 1 heterocycles. The third kappa shape index (κ3) is 4.68. The highest BCUT2D eigenvalue weighted by molar-refractivity contribution is 5.92. The fourth-order valence-corrected chi connectivity index (χ4v) is 2.73. The molecule has 0 spiro atoms. The number of rotatable bonds is 8. The Labute approximate surface area is 144 Å². The maximum Gasteiger partial charge on any atom is 0.276 e. The first kappa shape index (κ1) is 18.2. The van der Waals surface area contributed by atoms with Crippen molar-refractivity contribution in [3.05, 3.63) is 53.4 Å². The molecule has 130 valence electrons. The van der Waals surface area contributed by atoms with Gasteiger partial charge >= 0.3 is 0 Å². The normalized spacial score (nSPS) is 12.4. The van der Waals surface area contributed by atoms with Crippen LogP contribution in [0.2, 0.25) is 0 Å². The number of hydrogen-bond donors (Lipinski definition) is 0. The molecule has 0 unspecified atom stereocenters. The summed E-state index contributed by atoms with van der Waals surface area (Å²) in [7, 11) is 2.02. The largest absolute Gasteiger partial charge is 0.359 e. The lowest BCUT2D eigenvalue weighted by molar-refractivity contribution is 0.0689. The van der Waals surface area contributed by atoms with Gasteiger partial charge in [0.25, 0.3) is 5.91 Å². The summed E-state index contributed by atoms with van der Waals surface area (Å²) in [5, 5.41) is 3.97. The van der Waals surface area contributed by atoms with Crippen molar-refractivity contribution in [1.29, 1.82) is 0 Å². The molecular formula is C19H27N3O2. The molecule has 1 aromatic carbocycles. The van der Waals surface area contributed by atoms with Crippen molar-refractivity contribution in [2.24, 2.45) is 0 Å². The molecule has 5 nitrogen and oxygen atoms in total. The lowest BCUT2D eigenvalue weighted by Crippen LogP contribution is -2.38. The van der Waals surface area contributed by atoms with Gasteiger partial charge in [0.15, 0.2) is 11.5 Å². The maximum absolute atomic E-state index is 12.6. The SMILES string of the molecule is CC[C@H](C)N(CC)C(=O)c1cc(CN(C)Cc2ccccc2)on1. The van der Waals surface area contributed by atoms with E-state index in [0.717, 1.165) is 13.0 Å². The zero-order valence-electron chi connectivity index (χ0n) is 15.0. The minimum atomic E-state index is -0.0624. The zero-order valence-corrected chi connectivity index (χ0v) is 15.0. The second kappa shape index (κ2) is 8.64. The summed E-state index contributed by atoms with van der Waals surface area (Å²) in [6.45, 7) is 8.22. The van der Waals surface area contributed by atoms with E-state index in [-0.39, 0.29) is 11.9 Å². The van der Waals surface area contributed by atoms with Gasteiger partial charge in [0.05, 0.1) is 6.54 Å². The van der Waals surface area contributed by atoms with Crippen molar-refractivity contribution in [3.8, 4) is 0 Å². The average molecular weight is 329 g/mol. The van der Waals surface area contributed by atoms with Gasteiger partial charge in [-0.1, -0.05) is 42.4 Å². The van der Waals surface area contributed by atoms with Crippen LogP contribution in [0.4, 0.5) is 0 Å². The van der Waals surface area contributed by atoms with Crippen LogP contribution in [0, 0.1) is 0 Å². The van der Waals surface area contributed by atoms with Crippen LogP contribution in [-0.2, 0) is 13.1 Å². The van der Waals surface area contributed by atoms with E-state index in [4.69, 9.17) is 4.52 Å². The zero-order chi connectivity index (χ0) is 17.5. The third-order valence-electron chi connectivity index (χ3n) is 4.22. The number of carbonyl (C=O) groups excluding carboxylic acids is 1. The fourth-order valence-electron chi connectivity index (χ4n) is 2.73. The molecule has 5 heteroatoms. The molecule has 1 aromatic heterocycles. The Bertz CT molecular complexity index is 639. The van der Waals surface area contributed by atoms with E-state index in [2.05, 4.69) is 36.0 Å². The Hall–Kier alpha value is -2.14. The molecule has 0 saturated carbocycles. The molecule has 0 saturated heterocycles. The Kier molecular flexibility index (Phi) is 6.55. The van der Waals surface area contributed by atoms with Crippen LogP contribution in [0.3, 0.4) is 0 Å². The molecule has 0 aliphatic rings. The van der Waals surface area contributed by atoms with E-state index in [0.29, 0.717) is 24.5 Å². The Morgan fingerprint density at radius 2 is 1.92 bits per heavy atom. The standard InChI is InChI=1S/C19H27N3O2/c1-5-15(3)22(6-2)19(23)18-12-17(24-20-18)14-21(4)13-16-10-8-7-9-11-16/h7-12,15H,5-6,13-14H2,1-4H3/t15-/m0/s1. The van der Waals surface area contributed by atoms with Gasteiger partial charge in [-0.3, -0.25) is 9.69 Å². The van der Waals surface area contributed by atoms with Crippen molar-refractivity contribution in [2.75, 3.05) is 13.6 Å². The van der Waals surface area contributed by atoms with Gasteiger partial charge in [-0.05, 0) is 32.9 Å². The van der Waals surface area contributed by atoms with E-state index >= 15 is 0 Å². The van der Waals surface area contributed by atoms with Crippen LogP contribution in [-0.4, -0.2) is 40.5 Å². The monoisotopic (exact) mass is 329 g/mol. The molecule has 1 atom stereocenters. The highest BCUT2D eigenvalue weighted by Gasteiger charge is 2.22. The Morgan fingerprint density at radius 1 is 1.21 bits per heavy atom. The molecule has 0 aliphatic heterocycles. The second-order valence-corrected chi connectivity index (χ2v) is 6.18. The van der Waals surface area contributed by atoms with Crippen molar-refractivity contribution < 1.29 is 9.32 Å². The second-order valence-electron chi connectivity index (χ2n) is 6.18. The highest BCUT2D eigenvalue weighted by Crippen LogP contribution is 2.13. The minimum Gasteiger partial charge on any atom is -0.359 e. The number of hydrogen-bond acceptors (Lipinski definition) is 4. The van der Waals surface area contributed by atoms with E-state index < -0.39 is 0 Å². The Balaban J connectivity index is 1.98. The first-order valence-corrected chi connectivity index (χ1v) is 8.54. The van der Waals surface area contributed by atoms with Crippen LogP contribution in [0.5, 0.6) is 0 Å². The van der Waals surface area contributed by atoms with E-state index in [1.54, 1.807) is 6.07 Å². The van der Waals surface area contributed by atoms with Crippen LogP contribution in [0.25, 0.3) is 0 Å². The van der Waals surface area contributed by atoms with Gasteiger partial charge in [-0.15, -0.1) is 0 Å². The van der Waals surface area contributed by atoms with Crippen molar-refractivity contribution in [1.82, 2.24) is 15.0 Å². The number of nitrogens with zero attached hydrogens (tertiary/aromatic N) is 3. The smallest absolute Gasteiger partial charge is 0.276 e. The van der Waals surface area contributed by atoms with Crippen LogP contribution < -0.4 is 0 Å². The summed E-state index contributed by atoms with van der Waals surface area (Å²) in [4.78, 5) is 16.5. The van der Waals surface area contributed by atoms with Gasteiger partial charge in [0.1, 0.15) is 0 Å². The average Bonchev–Trinajstić information content (AvgIpc) is 3.04. The van der Waals surface area contributed by atoms with Gasteiger partial charge in [-0.25, -0.2) is 0 Å². The summed E-state index contributed by atoms with van der Waals surface area (Å²) in [6.07, 6.45) is 0.921. The fraction of sp³-hybridized carbons (Fsp3) is 0.474. The lowest BCUT2D eigenvalue weighted by atomic mass is 10.2. The molecular weight excluding hydrogens is 302 g/mol. The minimum absolute atomic E-state index is 0.0624. The van der Waals surface area contributed by atoms with E-state index in [1.807, 2.05) is 37.1 Å². The van der Waals surface area contributed by atoms with E-state index in [9.17, 15) is 4.79 Å².